The number of thiazole rings is 1. The summed E-state index contributed by atoms with van der Waals surface area (Å²) in [6, 6.07) is 0. The highest BCUT2D eigenvalue weighted by Crippen LogP contribution is 2.21. The molecule has 114 valence electrons. The van der Waals surface area contributed by atoms with E-state index in [0.717, 1.165) is 28.4 Å². The maximum Gasteiger partial charge on any atom is 0.263 e. The van der Waals surface area contributed by atoms with Gasteiger partial charge in [-0.15, -0.1) is 23.1 Å². The first-order valence-electron chi connectivity index (χ1n) is 6.23. The average molecular weight is 344 g/mol. The fraction of sp³-hybridized carbons (Fsp3) is 0.417. The molecule has 0 fully saturated rings. The topological polar surface area (TPSA) is 72.5 Å². The number of aryl methyl sites for hydroxylation is 1. The molecule has 1 N–H and O–H groups in total. The Bertz CT molecular complexity index is 650. The zero-order valence-electron chi connectivity index (χ0n) is 11.7. The standard InChI is InChI=1S/C12H16N4O2S3/c1-9-10(15-4-6-21-12(15)14-9)8-20-5-3-13-11(19-2)7-16(17)18/h4,6-7,13H,3,5,8H2,1-2H3/b11-7-. The number of fused-ring (bicyclic) bond motifs is 1. The van der Waals surface area contributed by atoms with Gasteiger partial charge in [-0.2, -0.15) is 11.8 Å². The zero-order valence-corrected chi connectivity index (χ0v) is 14.2. The van der Waals surface area contributed by atoms with Crippen molar-refractivity contribution in [3.05, 3.63) is 44.3 Å². The minimum atomic E-state index is -0.436. The van der Waals surface area contributed by atoms with Gasteiger partial charge in [0.1, 0.15) is 5.03 Å². The van der Waals surface area contributed by atoms with Crippen molar-refractivity contribution in [2.75, 3.05) is 18.6 Å². The van der Waals surface area contributed by atoms with Crippen molar-refractivity contribution in [2.45, 2.75) is 12.7 Å². The minimum Gasteiger partial charge on any atom is -0.374 e. The normalized spacial score (nSPS) is 12.0. The van der Waals surface area contributed by atoms with Crippen LogP contribution < -0.4 is 5.32 Å². The van der Waals surface area contributed by atoms with Crippen LogP contribution in [0.25, 0.3) is 4.96 Å². The molecule has 0 aromatic carbocycles. The molecule has 0 amide bonds. The van der Waals surface area contributed by atoms with Gasteiger partial charge in [0.2, 0.25) is 0 Å². The van der Waals surface area contributed by atoms with Crippen LogP contribution in [-0.4, -0.2) is 32.9 Å². The first-order valence-corrected chi connectivity index (χ1v) is 9.49. The van der Waals surface area contributed by atoms with Crippen molar-refractivity contribution in [3.63, 3.8) is 0 Å². The maximum absolute atomic E-state index is 10.4. The molecule has 0 spiro atoms. The summed E-state index contributed by atoms with van der Waals surface area (Å²) >= 11 is 4.77. The molecule has 21 heavy (non-hydrogen) atoms. The Morgan fingerprint density at radius 2 is 2.48 bits per heavy atom. The summed E-state index contributed by atoms with van der Waals surface area (Å²) in [4.78, 5) is 15.5. The second-order valence-electron chi connectivity index (χ2n) is 4.16. The van der Waals surface area contributed by atoms with E-state index in [1.54, 1.807) is 23.1 Å². The number of aromatic nitrogens is 2. The molecule has 0 aliphatic carbocycles. The summed E-state index contributed by atoms with van der Waals surface area (Å²) in [7, 11) is 0. The lowest BCUT2D eigenvalue weighted by Crippen LogP contribution is -2.15. The van der Waals surface area contributed by atoms with Gasteiger partial charge in [-0.25, -0.2) is 4.98 Å². The van der Waals surface area contributed by atoms with Crippen LogP contribution in [0.15, 0.2) is 22.8 Å². The molecule has 2 rings (SSSR count). The van der Waals surface area contributed by atoms with Crippen LogP contribution in [0.4, 0.5) is 0 Å². The Balaban J connectivity index is 1.78. The van der Waals surface area contributed by atoms with Crippen LogP contribution in [0.2, 0.25) is 0 Å². The number of nitrogens with one attached hydrogen (secondary N) is 1. The van der Waals surface area contributed by atoms with Crippen LogP contribution in [0, 0.1) is 17.0 Å². The average Bonchev–Trinajstić information content (AvgIpc) is 2.98. The Kier molecular flexibility index (Phi) is 5.95. The summed E-state index contributed by atoms with van der Waals surface area (Å²) in [6.45, 7) is 2.73. The molecule has 0 aliphatic rings. The van der Waals surface area contributed by atoms with Gasteiger partial charge < -0.3 is 5.32 Å². The number of rotatable bonds is 8. The van der Waals surface area contributed by atoms with Crippen LogP contribution in [0.3, 0.4) is 0 Å². The molecule has 0 atom stereocenters. The number of thioether (sulfide) groups is 2. The molecular formula is C12H16N4O2S3. The third kappa shape index (κ3) is 4.39. The monoisotopic (exact) mass is 344 g/mol. The SMILES string of the molecule is CS/C(=C\[N+](=O)[O-])NCCSCc1c(C)nc2sccn12. The molecule has 9 heteroatoms. The van der Waals surface area contributed by atoms with Gasteiger partial charge in [-0.05, 0) is 13.2 Å². The van der Waals surface area contributed by atoms with Crippen molar-refractivity contribution >= 4 is 39.8 Å². The Morgan fingerprint density at radius 1 is 1.67 bits per heavy atom. The highest BCUT2D eigenvalue weighted by atomic mass is 32.2. The van der Waals surface area contributed by atoms with Gasteiger partial charge >= 0.3 is 0 Å². The summed E-state index contributed by atoms with van der Waals surface area (Å²) in [6.07, 6.45) is 4.86. The van der Waals surface area contributed by atoms with Gasteiger partial charge in [0.25, 0.3) is 6.20 Å². The highest BCUT2D eigenvalue weighted by molar-refractivity contribution is 8.02. The number of hydrogen-bond acceptors (Lipinski definition) is 7. The third-order valence-electron chi connectivity index (χ3n) is 2.79. The van der Waals surface area contributed by atoms with E-state index in [-0.39, 0.29) is 0 Å². The van der Waals surface area contributed by atoms with E-state index in [9.17, 15) is 10.1 Å². The van der Waals surface area contributed by atoms with Gasteiger partial charge in [0.05, 0.1) is 16.3 Å². The van der Waals surface area contributed by atoms with Gasteiger partial charge in [0.15, 0.2) is 4.96 Å². The van der Waals surface area contributed by atoms with Crippen molar-refractivity contribution in [1.29, 1.82) is 0 Å². The predicted molar refractivity (Wildman–Crippen MR) is 90.6 cm³/mol. The van der Waals surface area contributed by atoms with Crippen molar-refractivity contribution < 1.29 is 4.92 Å². The first kappa shape index (κ1) is 16.2. The van der Waals surface area contributed by atoms with Gasteiger partial charge in [0, 0.05) is 29.6 Å². The molecule has 2 aromatic rings. The summed E-state index contributed by atoms with van der Waals surface area (Å²) in [5.41, 5.74) is 2.29. The van der Waals surface area contributed by atoms with Crippen LogP contribution in [0.1, 0.15) is 11.4 Å². The van der Waals surface area contributed by atoms with E-state index in [2.05, 4.69) is 14.7 Å². The van der Waals surface area contributed by atoms with E-state index < -0.39 is 4.92 Å². The zero-order chi connectivity index (χ0) is 15.2. The molecule has 2 heterocycles. The molecule has 0 saturated heterocycles. The highest BCUT2D eigenvalue weighted by Gasteiger charge is 2.09. The van der Waals surface area contributed by atoms with E-state index >= 15 is 0 Å². The fourth-order valence-corrected chi connectivity index (χ4v) is 3.94. The van der Waals surface area contributed by atoms with E-state index in [1.807, 2.05) is 24.8 Å². The minimum absolute atomic E-state index is 0.436. The molecule has 2 aromatic heterocycles. The van der Waals surface area contributed by atoms with Gasteiger partial charge in [-0.3, -0.25) is 14.5 Å². The summed E-state index contributed by atoms with van der Waals surface area (Å²) in [5.74, 6) is 1.77. The lowest BCUT2D eigenvalue weighted by Gasteiger charge is -2.06. The molecule has 6 nitrogen and oxygen atoms in total. The molecule has 0 bridgehead atoms. The molecule has 0 saturated carbocycles. The first-order chi connectivity index (χ1) is 10.1. The second kappa shape index (κ2) is 7.71. The van der Waals surface area contributed by atoms with E-state index in [0.29, 0.717) is 11.6 Å². The van der Waals surface area contributed by atoms with Crippen LogP contribution in [-0.2, 0) is 5.75 Å². The fourth-order valence-electron chi connectivity index (χ4n) is 1.80. The lowest BCUT2D eigenvalue weighted by atomic mass is 10.4. The van der Waals surface area contributed by atoms with Crippen LogP contribution in [0.5, 0.6) is 0 Å². The predicted octanol–water partition coefficient (Wildman–Crippen LogP) is 2.97. The number of nitro groups is 1. The smallest absolute Gasteiger partial charge is 0.263 e. The number of nitrogens with zero attached hydrogens (tertiary/aromatic N) is 3. The maximum atomic E-state index is 10.4. The molecular weight excluding hydrogens is 328 g/mol. The van der Waals surface area contributed by atoms with Crippen molar-refractivity contribution in [1.82, 2.24) is 14.7 Å². The van der Waals surface area contributed by atoms with E-state index in [1.165, 1.54) is 17.5 Å². The van der Waals surface area contributed by atoms with Crippen molar-refractivity contribution in [3.8, 4) is 0 Å². The quantitative estimate of drug-likeness (QED) is 0.451. The largest absolute Gasteiger partial charge is 0.374 e. The lowest BCUT2D eigenvalue weighted by molar-refractivity contribution is -0.403. The summed E-state index contributed by atoms with van der Waals surface area (Å²) < 4.78 is 2.13. The molecule has 0 unspecified atom stereocenters. The van der Waals surface area contributed by atoms with Gasteiger partial charge in [-0.1, -0.05) is 0 Å². The number of hydrogen-bond donors (Lipinski definition) is 1. The Hall–Kier alpha value is -1.19. The number of imidazole rings is 1. The summed E-state index contributed by atoms with van der Waals surface area (Å²) in [5, 5.41) is 16.1. The third-order valence-corrected chi connectivity index (χ3v) is 5.20. The molecule has 0 radical (unpaired) electrons. The van der Waals surface area contributed by atoms with Crippen molar-refractivity contribution in [2.24, 2.45) is 0 Å². The Morgan fingerprint density at radius 3 is 3.19 bits per heavy atom. The Labute approximate surface area is 135 Å². The van der Waals surface area contributed by atoms with E-state index in [4.69, 9.17) is 0 Å². The second-order valence-corrected chi connectivity index (χ2v) is 6.99. The van der Waals surface area contributed by atoms with Crippen LogP contribution >= 0.6 is 34.9 Å². The molecule has 0 aliphatic heterocycles.